The Morgan fingerprint density at radius 3 is 2.20 bits per heavy atom. The highest BCUT2D eigenvalue weighted by atomic mass is 16.4. The molecule has 0 radical (unpaired) electrons. The van der Waals surface area contributed by atoms with Crippen LogP contribution in [0.5, 0.6) is 5.75 Å². The standard InChI is InChI=1S/C16H17N3O6/c1-18-13(21)11(14(22)19(2)16(18)25)8-17-12(15(23)24)7-9-3-5-10(20)6-4-9/h3-6,8,11-12,20H,7H2,1-2H3,(H,23,24)/p-1/t12-/m1/s1. The van der Waals surface area contributed by atoms with E-state index >= 15 is 0 Å². The van der Waals surface area contributed by atoms with Crippen LogP contribution < -0.4 is 5.11 Å². The number of barbiturate groups is 1. The first-order valence-corrected chi connectivity index (χ1v) is 7.33. The molecule has 2 rings (SSSR count). The number of aromatic hydroxyl groups is 1. The van der Waals surface area contributed by atoms with Crippen molar-refractivity contribution in [3.63, 3.8) is 0 Å². The van der Waals surface area contributed by atoms with Gasteiger partial charge >= 0.3 is 6.03 Å². The summed E-state index contributed by atoms with van der Waals surface area (Å²) in [7, 11) is 2.45. The number of hydrogen-bond acceptors (Lipinski definition) is 7. The Kier molecular flexibility index (Phi) is 5.16. The number of imide groups is 2. The Labute approximate surface area is 143 Å². The highest BCUT2D eigenvalue weighted by Gasteiger charge is 2.41. The predicted molar refractivity (Wildman–Crippen MR) is 83.5 cm³/mol. The van der Waals surface area contributed by atoms with E-state index in [2.05, 4.69) is 4.99 Å². The van der Waals surface area contributed by atoms with Gasteiger partial charge in [-0.05, 0) is 17.7 Å². The molecular weight excluding hydrogens is 330 g/mol. The van der Waals surface area contributed by atoms with Crippen LogP contribution in [0.15, 0.2) is 29.3 Å². The molecule has 132 valence electrons. The number of carbonyl (C=O) groups is 4. The fourth-order valence-electron chi connectivity index (χ4n) is 2.31. The number of hydrogen-bond donors (Lipinski definition) is 1. The van der Waals surface area contributed by atoms with Gasteiger partial charge in [0.05, 0.1) is 12.0 Å². The fraction of sp³-hybridized carbons (Fsp3) is 0.312. The monoisotopic (exact) mass is 346 g/mol. The van der Waals surface area contributed by atoms with Crippen LogP contribution >= 0.6 is 0 Å². The van der Waals surface area contributed by atoms with Gasteiger partial charge in [0.1, 0.15) is 5.75 Å². The summed E-state index contributed by atoms with van der Waals surface area (Å²) < 4.78 is 0. The van der Waals surface area contributed by atoms with Crippen LogP contribution in [0.1, 0.15) is 5.56 Å². The first-order valence-electron chi connectivity index (χ1n) is 7.33. The maximum Gasteiger partial charge on any atom is 0.332 e. The summed E-state index contributed by atoms with van der Waals surface area (Å²) in [5.74, 6) is -4.37. The van der Waals surface area contributed by atoms with Gasteiger partial charge in [-0.2, -0.15) is 0 Å². The lowest BCUT2D eigenvalue weighted by Crippen LogP contribution is -2.57. The van der Waals surface area contributed by atoms with Crippen molar-refractivity contribution in [2.75, 3.05) is 14.1 Å². The molecule has 1 atom stereocenters. The van der Waals surface area contributed by atoms with Crippen molar-refractivity contribution in [2.24, 2.45) is 10.9 Å². The summed E-state index contributed by atoms with van der Waals surface area (Å²) in [6.45, 7) is 0. The van der Waals surface area contributed by atoms with Crippen molar-refractivity contribution in [1.29, 1.82) is 0 Å². The number of nitrogens with zero attached hydrogens (tertiary/aromatic N) is 3. The van der Waals surface area contributed by atoms with Crippen molar-refractivity contribution < 1.29 is 29.4 Å². The van der Waals surface area contributed by atoms with Gasteiger partial charge in [-0.1, -0.05) is 12.1 Å². The molecule has 0 unspecified atom stereocenters. The van der Waals surface area contributed by atoms with Crippen LogP contribution in [0, 0.1) is 5.92 Å². The molecule has 25 heavy (non-hydrogen) atoms. The minimum absolute atomic E-state index is 0.0337. The van der Waals surface area contributed by atoms with E-state index in [1.165, 1.54) is 38.4 Å². The molecule has 1 aromatic carbocycles. The van der Waals surface area contributed by atoms with E-state index in [4.69, 9.17) is 0 Å². The molecule has 1 saturated heterocycles. The molecule has 1 aromatic rings. The number of rotatable bonds is 5. The number of phenols is 1. The van der Waals surface area contributed by atoms with E-state index in [1.54, 1.807) is 0 Å². The summed E-state index contributed by atoms with van der Waals surface area (Å²) >= 11 is 0. The average molecular weight is 346 g/mol. The Morgan fingerprint density at radius 2 is 1.72 bits per heavy atom. The summed E-state index contributed by atoms with van der Waals surface area (Å²) in [5, 5.41) is 20.5. The van der Waals surface area contributed by atoms with Gasteiger partial charge in [-0.3, -0.25) is 24.4 Å². The molecule has 0 aromatic heterocycles. The molecule has 0 saturated carbocycles. The molecule has 9 nitrogen and oxygen atoms in total. The number of carbonyl (C=O) groups excluding carboxylic acids is 4. The van der Waals surface area contributed by atoms with Crippen molar-refractivity contribution in [1.82, 2.24) is 9.80 Å². The number of carboxylic acids is 1. The SMILES string of the molecule is CN1C(=O)C(C=N[C@H](Cc2ccc(O)cc2)C(=O)[O-])C(=O)N(C)C1=O. The molecule has 1 aliphatic heterocycles. The second-order valence-electron chi connectivity index (χ2n) is 5.56. The van der Waals surface area contributed by atoms with E-state index in [0.29, 0.717) is 5.56 Å². The zero-order chi connectivity index (χ0) is 18.7. The number of urea groups is 1. The van der Waals surface area contributed by atoms with Crippen molar-refractivity contribution in [3.8, 4) is 5.75 Å². The molecule has 4 amide bonds. The van der Waals surface area contributed by atoms with Crippen LogP contribution in [0.3, 0.4) is 0 Å². The van der Waals surface area contributed by atoms with Gasteiger partial charge in [-0.15, -0.1) is 0 Å². The van der Waals surface area contributed by atoms with E-state index in [-0.39, 0.29) is 12.2 Å². The molecule has 9 heteroatoms. The van der Waals surface area contributed by atoms with Crippen molar-refractivity contribution >= 4 is 30.0 Å². The van der Waals surface area contributed by atoms with Gasteiger partial charge in [0, 0.05) is 26.7 Å². The third-order valence-corrected chi connectivity index (χ3v) is 3.82. The highest BCUT2D eigenvalue weighted by molar-refractivity contribution is 6.23. The number of carboxylic acid groups (broad SMARTS) is 1. The molecule has 1 fully saturated rings. The van der Waals surface area contributed by atoms with Crippen LogP contribution in [0.4, 0.5) is 4.79 Å². The average Bonchev–Trinajstić information content (AvgIpc) is 2.58. The van der Waals surface area contributed by atoms with E-state index in [1.807, 2.05) is 0 Å². The summed E-state index contributed by atoms with van der Waals surface area (Å²) in [5.41, 5.74) is 0.579. The van der Waals surface area contributed by atoms with E-state index < -0.39 is 35.8 Å². The molecule has 1 aliphatic rings. The van der Waals surface area contributed by atoms with Gasteiger partial charge in [0.25, 0.3) is 0 Å². The van der Waals surface area contributed by atoms with E-state index in [9.17, 15) is 29.4 Å². The smallest absolute Gasteiger partial charge is 0.332 e. The van der Waals surface area contributed by atoms with Crippen LogP contribution in [-0.2, 0) is 20.8 Å². The van der Waals surface area contributed by atoms with Crippen molar-refractivity contribution in [2.45, 2.75) is 12.5 Å². The van der Waals surface area contributed by atoms with Gasteiger partial charge in [-0.25, -0.2) is 4.79 Å². The van der Waals surface area contributed by atoms with Crippen molar-refractivity contribution in [3.05, 3.63) is 29.8 Å². The molecular formula is C16H16N3O6-. The van der Waals surface area contributed by atoms with Gasteiger partial charge in [0.15, 0.2) is 5.92 Å². The molecule has 0 bridgehead atoms. The van der Waals surface area contributed by atoms with Gasteiger partial charge < -0.3 is 15.0 Å². The molecule has 0 spiro atoms. The molecule has 0 aliphatic carbocycles. The number of aliphatic imine (C=N–C) groups is 1. The highest BCUT2D eigenvalue weighted by Crippen LogP contribution is 2.15. The number of phenolic OH excluding ortho intramolecular Hbond substituents is 1. The minimum atomic E-state index is -1.47. The van der Waals surface area contributed by atoms with E-state index in [0.717, 1.165) is 16.0 Å². The maximum atomic E-state index is 12.0. The Hall–Kier alpha value is -3.23. The number of aliphatic carboxylic acids is 1. The normalized spacial score (nSPS) is 17.4. The third kappa shape index (κ3) is 3.82. The topological polar surface area (TPSA) is 130 Å². The lowest BCUT2D eigenvalue weighted by atomic mass is 10.0. The lowest BCUT2D eigenvalue weighted by Gasteiger charge is -2.31. The third-order valence-electron chi connectivity index (χ3n) is 3.82. The summed E-state index contributed by atoms with van der Waals surface area (Å²) in [4.78, 5) is 52.4. The zero-order valence-electron chi connectivity index (χ0n) is 13.6. The first kappa shape index (κ1) is 18.1. The maximum absolute atomic E-state index is 12.0. The van der Waals surface area contributed by atoms with Crippen LogP contribution in [0.2, 0.25) is 0 Å². The second kappa shape index (κ2) is 7.12. The van der Waals surface area contributed by atoms with Crippen LogP contribution in [0.25, 0.3) is 0 Å². The predicted octanol–water partition coefficient (Wildman–Crippen LogP) is -1.21. The van der Waals surface area contributed by atoms with Gasteiger partial charge in [0.2, 0.25) is 11.8 Å². The minimum Gasteiger partial charge on any atom is -0.548 e. The zero-order valence-corrected chi connectivity index (χ0v) is 13.6. The Bertz CT molecular complexity index is 719. The quantitative estimate of drug-likeness (QED) is 0.526. The molecule has 1 heterocycles. The number of amides is 4. The molecule has 1 N–H and O–H groups in total. The largest absolute Gasteiger partial charge is 0.548 e. The summed E-state index contributed by atoms with van der Waals surface area (Å²) in [6.07, 6.45) is 0.893. The first-order chi connectivity index (χ1) is 11.7. The Morgan fingerprint density at radius 1 is 1.20 bits per heavy atom. The summed E-state index contributed by atoms with van der Waals surface area (Å²) in [6, 6.07) is 3.76. The fourth-order valence-corrected chi connectivity index (χ4v) is 2.31. The lowest BCUT2D eigenvalue weighted by molar-refractivity contribution is -0.307. The number of benzene rings is 1. The second-order valence-corrected chi connectivity index (χ2v) is 5.56. The van der Waals surface area contributed by atoms with Crippen LogP contribution in [-0.4, -0.2) is 65.1 Å². The Balaban J connectivity index is 2.19.